The number of ketones is 1. The van der Waals surface area contributed by atoms with Gasteiger partial charge in [0.1, 0.15) is 6.04 Å². The van der Waals surface area contributed by atoms with Crippen LogP contribution in [0, 0.1) is 11.8 Å². The number of carbonyl (C=O) groups excluding carboxylic acids is 4. The van der Waals surface area contributed by atoms with Crippen molar-refractivity contribution < 1.29 is 23.9 Å². The van der Waals surface area contributed by atoms with Gasteiger partial charge in [0.15, 0.2) is 5.78 Å². The maximum atomic E-state index is 13.1. The van der Waals surface area contributed by atoms with Gasteiger partial charge in [-0.25, -0.2) is 0 Å². The Labute approximate surface area is 137 Å². The van der Waals surface area contributed by atoms with Crippen molar-refractivity contribution in [3.05, 3.63) is 35.4 Å². The molecule has 7 nitrogen and oxygen atoms in total. The molecule has 1 aromatic rings. The van der Waals surface area contributed by atoms with Gasteiger partial charge < -0.3 is 4.74 Å². The predicted octanol–water partition coefficient (Wildman–Crippen LogP) is -0.460. The molecule has 0 aromatic heterocycles. The molecule has 2 saturated heterocycles. The van der Waals surface area contributed by atoms with Crippen molar-refractivity contribution in [1.82, 2.24) is 10.2 Å². The highest BCUT2D eigenvalue weighted by Gasteiger charge is 2.70. The van der Waals surface area contributed by atoms with Gasteiger partial charge in [-0.15, -0.1) is 0 Å². The summed E-state index contributed by atoms with van der Waals surface area (Å²) in [6.07, 6.45) is 0.281. The SMILES string of the molecule is COC(=O)[C@@H]1N[C@]2(Cc3ccccc3C2=O)[C@@H]2C(=O)N(C)C(=O)[C@@H]21. The molecule has 24 heavy (non-hydrogen) atoms. The van der Waals surface area contributed by atoms with Crippen LogP contribution in [0.25, 0.3) is 0 Å². The van der Waals surface area contributed by atoms with Gasteiger partial charge in [-0.05, 0) is 12.0 Å². The van der Waals surface area contributed by atoms with Gasteiger partial charge in [0, 0.05) is 12.6 Å². The van der Waals surface area contributed by atoms with Crippen LogP contribution in [0.15, 0.2) is 24.3 Å². The second-order valence-electron chi connectivity index (χ2n) is 6.52. The molecular formula is C17H16N2O5. The quantitative estimate of drug-likeness (QED) is 0.554. The van der Waals surface area contributed by atoms with E-state index in [0.717, 1.165) is 10.5 Å². The minimum atomic E-state index is -1.26. The van der Waals surface area contributed by atoms with E-state index in [0.29, 0.717) is 5.56 Å². The first-order valence-corrected chi connectivity index (χ1v) is 7.72. The molecule has 1 aliphatic carbocycles. The van der Waals surface area contributed by atoms with E-state index in [-0.39, 0.29) is 12.2 Å². The normalized spacial score (nSPS) is 34.0. The molecule has 0 radical (unpaired) electrons. The van der Waals surface area contributed by atoms with Gasteiger partial charge in [-0.2, -0.15) is 0 Å². The van der Waals surface area contributed by atoms with Crippen molar-refractivity contribution in [3.63, 3.8) is 0 Å². The molecule has 4 atom stereocenters. The number of likely N-dealkylation sites (tertiary alicyclic amines) is 1. The minimum absolute atomic E-state index is 0.240. The number of fused-ring (bicyclic) bond motifs is 3. The fourth-order valence-corrected chi connectivity index (χ4v) is 4.36. The molecule has 0 saturated carbocycles. The van der Waals surface area contributed by atoms with E-state index < -0.39 is 41.2 Å². The van der Waals surface area contributed by atoms with E-state index in [1.165, 1.54) is 14.2 Å². The standard InChI is InChI=1S/C17H16N2O5/c1-19-14(21)10-11(15(19)22)17(18-12(10)16(23)24-2)7-8-5-3-4-6-9(8)13(17)20/h3-6,10-12,18H,7H2,1-2H3/t10-,11-,12+,17+/m0/s1. The number of nitrogens with one attached hydrogen (secondary N) is 1. The fourth-order valence-electron chi connectivity index (χ4n) is 4.36. The highest BCUT2D eigenvalue weighted by atomic mass is 16.5. The predicted molar refractivity (Wildman–Crippen MR) is 80.9 cm³/mol. The number of methoxy groups -OCH3 is 1. The zero-order chi connectivity index (χ0) is 17.2. The van der Waals surface area contributed by atoms with Gasteiger partial charge in [0.05, 0.1) is 24.5 Å². The van der Waals surface area contributed by atoms with E-state index in [9.17, 15) is 19.2 Å². The number of carbonyl (C=O) groups is 4. The third-order valence-electron chi connectivity index (χ3n) is 5.47. The summed E-state index contributed by atoms with van der Waals surface area (Å²) in [6.45, 7) is 0. The second-order valence-corrected chi connectivity index (χ2v) is 6.52. The number of nitrogens with zero attached hydrogens (tertiary/aromatic N) is 1. The van der Waals surface area contributed by atoms with Gasteiger partial charge in [-0.1, -0.05) is 24.3 Å². The molecule has 1 aromatic carbocycles. The lowest BCUT2D eigenvalue weighted by Gasteiger charge is -2.28. The molecule has 7 heteroatoms. The molecule has 2 heterocycles. The highest BCUT2D eigenvalue weighted by molar-refractivity contribution is 6.17. The first kappa shape index (κ1) is 15.0. The summed E-state index contributed by atoms with van der Waals surface area (Å²) in [6, 6.07) is 6.12. The molecule has 2 aliphatic heterocycles. The number of ether oxygens (including phenoxy) is 1. The van der Waals surface area contributed by atoms with E-state index in [2.05, 4.69) is 5.32 Å². The lowest BCUT2D eigenvalue weighted by atomic mass is 9.77. The number of benzene rings is 1. The van der Waals surface area contributed by atoms with Crippen LogP contribution in [0.4, 0.5) is 0 Å². The smallest absolute Gasteiger partial charge is 0.323 e. The zero-order valence-electron chi connectivity index (χ0n) is 13.2. The van der Waals surface area contributed by atoms with Crippen LogP contribution in [0.1, 0.15) is 15.9 Å². The summed E-state index contributed by atoms with van der Waals surface area (Å²) in [5.74, 6) is -3.55. The summed E-state index contributed by atoms with van der Waals surface area (Å²) < 4.78 is 4.78. The van der Waals surface area contributed by atoms with E-state index in [1.807, 2.05) is 12.1 Å². The van der Waals surface area contributed by atoms with Crippen LogP contribution in [-0.2, 0) is 25.5 Å². The molecular weight excluding hydrogens is 312 g/mol. The third-order valence-corrected chi connectivity index (χ3v) is 5.47. The molecule has 2 fully saturated rings. The van der Waals surface area contributed by atoms with Crippen molar-refractivity contribution in [2.24, 2.45) is 11.8 Å². The summed E-state index contributed by atoms with van der Waals surface area (Å²) in [5, 5.41) is 3.00. The van der Waals surface area contributed by atoms with Crippen molar-refractivity contribution >= 4 is 23.6 Å². The average Bonchev–Trinajstić information content (AvgIpc) is 3.15. The van der Waals surface area contributed by atoms with Crippen LogP contribution in [-0.4, -0.2) is 54.2 Å². The van der Waals surface area contributed by atoms with Crippen LogP contribution in [0.3, 0.4) is 0 Å². The molecule has 2 amide bonds. The maximum absolute atomic E-state index is 13.1. The first-order chi connectivity index (χ1) is 11.4. The lowest BCUT2D eigenvalue weighted by molar-refractivity contribution is -0.147. The number of Topliss-reactive ketones (excluding diaryl/α,β-unsaturated/α-hetero) is 1. The Morgan fingerprint density at radius 3 is 2.62 bits per heavy atom. The van der Waals surface area contributed by atoms with Crippen molar-refractivity contribution in [1.29, 1.82) is 0 Å². The van der Waals surface area contributed by atoms with Gasteiger partial charge >= 0.3 is 5.97 Å². The Kier molecular flexibility index (Phi) is 2.96. The first-order valence-electron chi connectivity index (χ1n) is 7.72. The van der Waals surface area contributed by atoms with Crippen molar-refractivity contribution in [2.75, 3.05) is 14.2 Å². The average molecular weight is 328 g/mol. The van der Waals surface area contributed by atoms with Crippen LogP contribution >= 0.6 is 0 Å². The van der Waals surface area contributed by atoms with Gasteiger partial charge in [0.25, 0.3) is 0 Å². The Morgan fingerprint density at radius 1 is 1.25 bits per heavy atom. The minimum Gasteiger partial charge on any atom is -0.468 e. The third kappa shape index (κ3) is 1.60. The number of amides is 2. The van der Waals surface area contributed by atoms with Gasteiger partial charge in [0.2, 0.25) is 11.8 Å². The number of imide groups is 1. The number of rotatable bonds is 1. The lowest BCUT2D eigenvalue weighted by Crippen LogP contribution is -2.56. The maximum Gasteiger partial charge on any atom is 0.323 e. The Bertz CT molecular complexity index is 804. The molecule has 3 aliphatic rings. The summed E-state index contributed by atoms with van der Waals surface area (Å²) in [4.78, 5) is 51.4. The summed E-state index contributed by atoms with van der Waals surface area (Å²) in [5.41, 5.74) is 0.0863. The Morgan fingerprint density at radius 2 is 1.96 bits per heavy atom. The second kappa shape index (κ2) is 4.73. The summed E-state index contributed by atoms with van der Waals surface area (Å²) >= 11 is 0. The fraction of sp³-hybridized carbons (Fsp3) is 0.412. The number of esters is 1. The number of hydrogen-bond donors (Lipinski definition) is 1. The van der Waals surface area contributed by atoms with Crippen LogP contribution < -0.4 is 5.32 Å². The molecule has 4 rings (SSSR count). The van der Waals surface area contributed by atoms with Gasteiger partial charge in [-0.3, -0.25) is 29.4 Å². The van der Waals surface area contributed by atoms with Crippen molar-refractivity contribution in [2.45, 2.75) is 18.0 Å². The zero-order valence-corrected chi connectivity index (χ0v) is 13.2. The van der Waals surface area contributed by atoms with Crippen LogP contribution in [0.2, 0.25) is 0 Å². The molecule has 124 valence electrons. The Balaban J connectivity index is 1.86. The van der Waals surface area contributed by atoms with Crippen molar-refractivity contribution in [3.8, 4) is 0 Å². The topological polar surface area (TPSA) is 92.8 Å². The largest absolute Gasteiger partial charge is 0.468 e. The monoisotopic (exact) mass is 328 g/mol. The van der Waals surface area contributed by atoms with E-state index in [4.69, 9.17) is 4.74 Å². The van der Waals surface area contributed by atoms with Crippen LogP contribution in [0.5, 0.6) is 0 Å². The van der Waals surface area contributed by atoms with E-state index >= 15 is 0 Å². The molecule has 1 spiro atoms. The Hall–Kier alpha value is -2.54. The van der Waals surface area contributed by atoms with E-state index in [1.54, 1.807) is 12.1 Å². The number of hydrogen-bond acceptors (Lipinski definition) is 6. The highest BCUT2D eigenvalue weighted by Crippen LogP contribution is 2.48. The molecule has 0 bridgehead atoms. The molecule has 1 N–H and O–H groups in total. The summed E-state index contributed by atoms with van der Waals surface area (Å²) in [7, 11) is 2.61. The molecule has 0 unspecified atom stereocenters.